The van der Waals surface area contributed by atoms with Crippen LogP contribution in [-0.4, -0.2) is 16.3 Å². The molecule has 106 valence electrons. The van der Waals surface area contributed by atoms with E-state index in [1.165, 1.54) is 0 Å². The summed E-state index contributed by atoms with van der Waals surface area (Å²) in [5.41, 5.74) is 1.35. The van der Waals surface area contributed by atoms with Crippen molar-refractivity contribution in [3.05, 3.63) is 48.7 Å². The Morgan fingerprint density at radius 3 is 2.70 bits per heavy atom. The van der Waals surface area contributed by atoms with Gasteiger partial charge in [-0.1, -0.05) is 24.3 Å². The van der Waals surface area contributed by atoms with Crippen LogP contribution in [-0.2, 0) is 11.2 Å². The number of hydrogen-bond acceptors (Lipinski definition) is 2. The molecule has 0 unspecified atom stereocenters. The maximum atomic E-state index is 12.4. The Balaban J connectivity index is 2.47. The fourth-order valence-electron chi connectivity index (χ4n) is 2.17. The molecule has 0 aliphatic carbocycles. The van der Waals surface area contributed by atoms with Crippen molar-refractivity contribution in [1.29, 1.82) is 0 Å². The first-order valence-electron chi connectivity index (χ1n) is 6.86. The normalized spacial score (nSPS) is 11.6. The van der Waals surface area contributed by atoms with Gasteiger partial charge in [0.25, 0.3) is 0 Å². The number of carbonyl (C=O) groups is 1. The molecule has 0 aliphatic rings. The van der Waals surface area contributed by atoms with E-state index < -0.39 is 5.60 Å². The maximum absolute atomic E-state index is 12.4. The molecule has 0 N–H and O–H groups in total. The zero-order valence-corrected chi connectivity index (χ0v) is 12.3. The van der Waals surface area contributed by atoms with Crippen LogP contribution in [0.25, 0.3) is 10.9 Å². The number of fused-ring (bicyclic) bond motifs is 1. The van der Waals surface area contributed by atoms with Gasteiger partial charge < -0.3 is 4.74 Å². The summed E-state index contributed by atoms with van der Waals surface area (Å²) in [6.07, 6.45) is 3.14. The van der Waals surface area contributed by atoms with Gasteiger partial charge >= 0.3 is 6.09 Å². The third-order valence-corrected chi connectivity index (χ3v) is 2.97. The molecule has 2 rings (SSSR count). The summed E-state index contributed by atoms with van der Waals surface area (Å²) in [7, 11) is 0. The minimum atomic E-state index is -0.502. The molecule has 2 aromatic rings. The van der Waals surface area contributed by atoms with Crippen LogP contribution in [0.3, 0.4) is 0 Å². The van der Waals surface area contributed by atoms with Crippen LogP contribution in [0.5, 0.6) is 0 Å². The second-order valence-corrected chi connectivity index (χ2v) is 5.84. The molecule has 1 heterocycles. The Kier molecular flexibility index (Phi) is 3.98. The quantitative estimate of drug-likeness (QED) is 0.767. The first-order chi connectivity index (χ1) is 9.42. The number of benzene rings is 1. The number of allylic oxidation sites excluding steroid dienone is 1. The Labute approximate surface area is 119 Å². The van der Waals surface area contributed by atoms with Gasteiger partial charge in [-0.3, -0.25) is 0 Å². The van der Waals surface area contributed by atoms with Crippen molar-refractivity contribution in [3.8, 4) is 0 Å². The number of aromatic nitrogens is 1. The van der Waals surface area contributed by atoms with Crippen LogP contribution in [0.1, 0.15) is 32.9 Å². The van der Waals surface area contributed by atoms with E-state index in [1.54, 1.807) is 4.57 Å². The van der Waals surface area contributed by atoms with E-state index in [-0.39, 0.29) is 6.09 Å². The van der Waals surface area contributed by atoms with Crippen molar-refractivity contribution in [3.63, 3.8) is 0 Å². The van der Waals surface area contributed by atoms with Crippen molar-refractivity contribution in [2.75, 3.05) is 0 Å². The molecule has 1 aromatic carbocycles. The van der Waals surface area contributed by atoms with Gasteiger partial charge in [-0.15, -0.1) is 6.58 Å². The molecule has 0 saturated carbocycles. The fraction of sp³-hybridized carbons (Fsp3) is 0.353. The van der Waals surface area contributed by atoms with E-state index in [4.69, 9.17) is 4.74 Å². The van der Waals surface area contributed by atoms with Crippen molar-refractivity contribution in [2.24, 2.45) is 0 Å². The fourth-order valence-corrected chi connectivity index (χ4v) is 2.17. The van der Waals surface area contributed by atoms with Gasteiger partial charge in [0.2, 0.25) is 0 Å². The third kappa shape index (κ3) is 3.10. The van der Waals surface area contributed by atoms with Crippen LogP contribution in [0.15, 0.2) is 43.0 Å². The summed E-state index contributed by atoms with van der Waals surface area (Å²) in [4.78, 5) is 12.4. The molecule has 0 spiro atoms. The van der Waals surface area contributed by atoms with E-state index in [9.17, 15) is 4.79 Å². The lowest BCUT2D eigenvalue weighted by atomic mass is 10.2. The molecule has 20 heavy (non-hydrogen) atoms. The minimum Gasteiger partial charge on any atom is -0.443 e. The highest BCUT2D eigenvalue weighted by Crippen LogP contribution is 2.22. The Morgan fingerprint density at radius 1 is 1.35 bits per heavy atom. The molecular weight excluding hydrogens is 250 g/mol. The van der Waals surface area contributed by atoms with Gasteiger partial charge in [0.1, 0.15) is 5.60 Å². The number of rotatable bonds is 3. The van der Waals surface area contributed by atoms with E-state index in [0.29, 0.717) is 0 Å². The Hall–Kier alpha value is -2.03. The molecule has 1 aromatic heterocycles. The predicted octanol–water partition coefficient (Wildman–Crippen LogP) is 4.54. The molecule has 0 atom stereocenters. The van der Waals surface area contributed by atoms with Crippen LogP contribution in [0.2, 0.25) is 0 Å². The first-order valence-corrected chi connectivity index (χ1v) is 6.86. The predicted molar refractivity (Wildman–Crippen MR) is 82.1 cm³/mol. The van der Waals surface area contributed by atoms with Gasteiger partial charge in [0, 0.05) is 11.1 Å². The summed E-state index contributed by atoms with van der Waals surface area (Å²) in [6.45, 7) is 9.36. The Bertz CT molecular complexity index is 632. The smallest absolute Gasteiger partial charge is 0.419 e. The maximum Gasteiger partial charge on any atom is 0.419 e. The minimum absolute atomic E-state index is 0.322. The number of carbonyl (C=O) groups excluding carboxylic acids is 1. The zero-order chi connectivity index (χ0) is 14.8. The van der Waals surface area contributed by atoms with Crippen LogP contribution in [0.4, 0.5) is 4.79 Å². The molecule has 0 fully saturated rings. The van der Waals surface area contributed by atoms with Gasteiger partial charge in [-0.25, -0.2) is 9.36 Å². The molecular formula is C17H21NO2. The van der Waals surface area contributed by atoms with Crippen LogP contribution in [0, 0.1) is 0 Å². The summed E-state index contributed by atoms with van der Waals surface area (Å²) < 4.78 is 7.18. The van der Waals surface area contributed by atoms with E-state index in [1.807, 2.05) is 57.2 Å². The summed E-state index contributed by atoms with van der Waals surface area (Å²) in [6, 6.07) is 9.90. The largest absolute Gasteiger partial charge is 0.443 e. The monoisotopic (exact) mass is 271 g/mol. The van der Waals surface area contributed by atoms with Crippen LogP contribution < -0.4 is 0 Å². The number of para-hydroxylation sites is 1. The third-order valence-electron chi connectivity index (χ3n) is 2.97. The second kappa shape index (κ2) is 5.53. The average molecular weight is 271 g/mol. The number of aryl methyl sites for hydroxylation is 1. The van der Waals surface area contributed by atoms with Gasteiger partial charge in [-0.05, 0) is 45.7 Å². The highest BCUT2D eigenvalue weighted by molar-refractivity contribution is 5.91. The van der Waals surface area contributed by atoms with Crippen molar-refractivity contribution in [1.82, 2.24) is 4.57 Å². The molecule has 0 amide bonds. The van der Waals surface area contributed by atoms with E-state index >= 15 is 0 Å². The zero-order valence-electron chi connectivity index (χ0n) is 12.3. The van der Waals surface area contributed by atoms with Gasteiger partial charge in [0.15, 0.2) is 0 Å². The molecule has 0 aliphatic heterocycles. The first kappa shape index (κ1) is 14.4. The summed E-state index contributed by atoms with van der Waals surface area (Å²) >= 11 is 0. The average Bonchev–Trinajstić information content (AvgIpc) is 2.72. The molecule has 3 nitrogen and oxygen atoms in total. The molecule has 0 radical (unpaired) electrons. The highest BCUT2D eigenvalue weighted by atomic mass is 16.6. The van der Waals surface area contributed by atoms with Crippen molar-refractivity contribution in [2.45, 2.75) is 39.2 Å². The Morgan fingerprint density at radius 2 is 2.05 bits per heavy atom. The molecule has 3 heteroatoms. The molecule has 0 bridgehead atoms. The topological polar surface area (TPSA) is 31.2 Å². The number of ether oxygens (including phenoxy) is 1. The highest BCUT2D eigenvalue weighted by Gasteiger charge is 2.21. The van der Waals surface area contributed by atoms with E-state index in [2.05, 4.69) is 6.58 Å². The lowest BCUT2D eigenvalue weighted by Gasteiger charge is -2.21. The summed E-state index contributed by atoms with van der Waals surface area (Å²) in [5.74, 6) is 0. The summed E-state index contributed by atoms with van der Waals surface area (Å²) in [5, 5.41) is 1.05. The standard InChI is InChI=1S/C17H21NO2/c1-5-6-10-14-12-13-9-7-8-11-15(13)18(14)16(19)20-17(2,3)4/h5,7-9,11-12H,1,6,10H2,2-4H3. The number of hydrogen-bond donors (Lipinski definition) is 0. The lowest BCUT2D eigenvalue weighted by Crippen LogP contribution is -2.28. The SMILES string of the molecule is C=CCCc1cc2ccccc2n1C(=O)OC(C)(C)C. The molecule has 0 saturated heterocycles. The lowest BCUT2D eigenvalue weighted by molar-refractivity contribution is 0.0540. The van der Waals surface area contributed by atoms with Gasteiger partial charge in [-0.2, -0.15) is 0 Å². The van der Waals surface area contributed by atoms with Crippen molar-refractivity contribution >= 4 is 17.0 Å². The van der Waals surface area contributed by atoms with E-state index in [0.717, 1.165) is 29.4 Å². The second-order valence-electron chi connectivity index (χ2n) is 5.84. The van der Waals surface area contributed by atoms with Crippen LogP contribution >= 0.6 is 0 Å². The van der Waals surface area contributed by atoms with Crippen molar-refractivity contribution < 1.29 is 9.53 Å². The number of nitrogens with zero attached hydrogens (tertiary/aromatic N) is 1. The van der Waals surface area contributed by atoms with Gasteiger partial charge in [0.05, 0.1) is 5.52 Å².